The average Bonchev–Trinajstić information content (AvgIpc) is 2.83. The van der Waals surface area contributed by atoms with Gasteiger partial charge in [-0.05, 0) is 37.5 Å². The van der Waals surface area contributed by atoms with Crippen molar-refractivity contribution in [3.63, 3.8) is 0 Å². The van der Waals surface area contributed by atoms with Gasteiger partial charge in [-0.15, -0.1) is 0 Å². The van der Waals surface area contributed by atoms with Crippen LogP contribution in [0.3, 0.4) is 0 Å². The molecule has 3 rings (SSSR count). The topological polar surface area (TPSA) is 32.3 Å². The molecular formula is C28H34N2O. The molecule has 3 nitrogen and oxygen atoms in total. The van der Waals surface area contributed by atoms with E-state index in [4.69, 9.17) is 0 Å². The van der Waals surface area contributed by atoms with Gasteiger partial charge in [-0.2, -0.15) is 0 Å². The maximum absolute atomic E-state index is 13.7. The molecular weight excluding hydrogens is 380 g/mol. The molecule has 0 bridgehead atoms. The van der Waals surface area contributed by atoms with Crippen LogP contribution in [0.5, 0.6) is 0 Å². The zero-order chi connectivity index (χ0) is 22.2. The molecule has 0 aromatic heterocycles. The number of rotatable bonds is 9. The van der Waals surface area contributed by atoms with E-state index < -0.39 is 0 Å². The average molecular weight is 415 g/mol. The molecule has 0 saturated heterocycles. The maximum atomic E-state index is 13.7. The van der Waals surface area contributed by atoms with E-state index in [0.717, 1.165) is 11.1 Å². The van der Waals surface area contributed by atoms with Gasteiger partial charge in [-0.25, -0.2) is 0 Å². The molecule has 3 heteroatoms. The van der Waals surface area contributed by atoms with Gasteiger partial charge in [0.1, 0.15) is 0 Å². The molecule has 0 saturated carbocycles. The summed E-state index contributed by atoms with van der Waals surface area (Å²) in [5.41, 5.74) is 3.53. The fraction of sp³-hybridized carbons (Fsp3) is 0.321. The van der Waals surface area contributed by atoms with Crippen molar-refractivity contribution in [3.8, 4) is 0 Å². The predicted molar refractivity (Wildman–Crippen MR) is 129 cm³/mol. The van der Waals surface area contributed by atoms with Gasteiger partial charge >= 0.3 is 0 Å². The van der Waals surface area contributed by atoms with Crippen molar-refractivity contribution >= 4 is 5.91 Å². The fourth-order valence-corrected chi connectivity index (χ4v) is 4.06. The van der Waals surface area contributed by atoms with Crippen LogP contribution < -0.4 is 5.32 Å². The van der Waals surface area contributed by atoms with Crippen LogP contribution in [-0.2, 0) is 4.79 Å². The van der Waals surface area contributed by atoms with Gasteiger partial charge in [0.05, 0.1) is 12.1 Å². The van der Waals surface area contributed by atoms with E-state index >= 15 is 0 Å². The van der Waals surface area contributed by atoms with Crippen LogP contribution in [0.15, 0.2) is 91.0 Å². The number of hydrogen-bond donors (Lipinski definition) is 1. The lowest BCUT2D eigenvalue weighted by molar-refractivity contribution is -0.139. The Morgan fingerprint density at radius 3 is 1.48 bits per heavy atom. The largest absolute Gasteiger partial charge is 0.329 e. The Morgan fingerprint density at radius 1 is 0.677 bits per heavy atom. The molecule has 3 aromatic carbocycles. The summed E-state index contributed by atoms with van der Waals surface area (Å²) in [5, 5.41) is 3.54. The Bertz CT molecular complexity index is 882. The lowest BCUT2D eigenvalue weighted by Gasteiger charge is -2.37. The first-order chi connectivity index (χ1) is 15.0. The second-order valence-corrected chi connectivity index (χ2v) is 8.36. The summed E-state index contributed by atoms with van der Waals surface area (Å²) in [5.74, 6) is 0.0314. The molecule has 0 radical (unpaired) electrons. The molecule has 162 valence electrons. The van der Waals surface area contributed by atoms with E-state index in [9.17, 15) is 4.79 Å². The Labute approximate surface area is 187 Å². The molecule has 4 atom stereocenters. The molecule has 31 heavy (non-hydrogen) atoms. The van der Waals surface area contributed by atoms with Crippen molar-refractivity contribution in [2.24, 2.45) is 5.92 Å². The maximum Gasteiger partial charge on any atom is 0.227 e. The zero-order valence-corrected chi connectivity index (χ0v) is 19.0. The van der Waals surface area contributed by atoms with E-state index in [1.54, 1.807) is 0 Å². The first-order valence-corrected chi connectivity index (χ1v) is 11.2. The summed E-state index contributed by atoms with van der Waals surface area (Å²) in [6.07, 6.45) is 0. The third-order valence-electron chi connectivity index (χ3n) is 6.10. The summed E-state index contributed by atoms with van der Waals surface area (Å²) in [6.45, 7) is 9.05. The third kappa shape index (κ3) is 5.83. The third-order valence-corrected chi connectivity index (χ3v) is 6.10. The highest BCUT2D eigenvalue weighted by Crippen LogP contribution is 2.32. The van der Waals surface area contributed by atoms with E-state index in [1.165, 1.54) is 5.56 Å². The number of amides is 1. The Kier molecular flexibility index (Phi) is 8.02. The van der Waals surface area contributed by atoms with E-state index in [-0.39, 0.29) is 30.0 Å². The lowest BCUT2D eigenvalue weighted by atomic mass is 9.98. The molecule has 0 spiro atoms. The quantitative estimate of drug-likeness (QED) is 0.444. The summed E-state index contributed by atoms with van der Waals surface area (Å²) < 4.78 is 0. The van der Waals surface area contributed by atoms with Crippen LogP contribution in [0.25, 0.3) is 0 Å². The van der Waals surface area contributed by atoms with Crippen molar-refractivity contribution < 1.29 is 4.79 Å². The molecule has 1 amide bonds. The molecule has 0 aliphatic rings. The highest BCUT2D eigenvalue weighted by atomic mass is 16.2. The van der Waals surface area contributed by atoms with Gasteiger partial charge in [0, 0.05) is 18.5 Å². The minimum absolute atomic E-state index is 0.0158. The lowest BCUT2D eigenvalue weighted by Crippen LogP contribution is -2.42. The fourth-order valence-electron chi connectivity index (χ4n) is 4.06. The first kappa shape index (κ1) is 22.8. The second-order valence-electron chi connectivity index (χ2n) is 8.36. The van der Waals surface area contributed by atoms with Crippen molar-refractivity contribution in [1.29, 1.82) is 0 Å². The van der Waals surface area contributed by atoms with Crippen LogP contribution in [-0.4, -0.2) is 17.4 Å². The Morgan fingerprint density at radius 2 is 1.06 bits per heavy atom. The number of hydrogen-bond acceptors (Lipinski definition) is 2. The highest BCUT2D eigenvalue weighted by molar-refractivity contribution is 5.79. The summed E-state index contributed by atoms with van der Waals surface area (Å²) in [4.78, 5) is 15.8. The molecule has 3 aromatic rings. The first-order valence-electron chi connectivity index (χ1n) is 11.2. The van der Waals surface area contributed by atoms with E-state index in [1.807, 2.05) is 66.4 Å². The van der Waals surface area contributed by atoms with Crippen LogP contribution in [0.1, 0.15) is 62.5 Å². The normalized spacial score (nSPS) is 15.0. The minimum atomic E-state index is -0.136. The Balaban J connectivity index is 1.78. The smallest absolute Gasteiger partial charge is 0.227 e. The van der Waals surface area contributed by atoms with Gasteiger partial charge < -0.3 is 10.2 Å². The highest BCUT2D eigenvalue weighted by Gasteiger charge is 2.30. The van der Waals surface area contributed by atoms with Gasteiger partial charge in [0.25, 0.3) is 0 Å². The van der Waals surface area contributed by atoms with Gasteiger partial charge in [0.2, 0.25) is 5.91 Å². The number of nitrogens with one attached hydrogen (secondary N) is 1. The number of carbonyl (C=O) groups excluding carboxylic acids is 1. The van der Waals surface area contributed by atoms with Crippen LogP contribution in [0.4, 0.5) is 0 Å². The number of nitrogens with zero attached hydrogens (tertiary/aromatic N) is 1. The van der Waals surface area contributed by atoms with Crippen LogP contribution in [0.2, 0.25) is 0 Å². The Hall–Kier alpha value is -2.91. The summed E-state index contributed by atoms with van der Waals surface area (Å²) >= 11 is 0. The minimum Gasteiger partial charge on any atom is -0.329 e. The second kappa shape index (κ2) is 10.9. The van der Waals surface area contributed by atoms with Gasteiger partial charge in [0.15, 0.2) is 0 Å². The zero-order valence-electron chi connectivity index (χ0n) is 19.0. The molecule has 0 aliphatic carbocycles. The standard InChI is InChI=1S/C28H34N2O/c1-21(20-29-22(2)25-14-8-5-9-15-25)28(31)30(23(3)26-16-10-6-11-17-26)24(4)27-18-12-7-13-19-27/h5-19,21-24,29H,20H2,1-4H3/t21-,22+,23-,24-/m1/s1. The molecule has 0 unspecified atom stereocenters. The monoisotopic (exact) mass is 414 g/mol. The SMILES string of the molecule is C[C@H](CN[C@@H](C)c1ccccc1)C(=O)N([C@H](C)c1ccccc1)[C@H](C)c1ccccc1. The van der Waals surface area contributed by atoms with Gasteiger partial charge in [-0.3, -0.25) is 4.79 Å². The molecule has 0 heterocycles. The number of carbonyl (C=O) groups is 1. The summed E-state index contributed by atoms with van der Waals surface area (Å²) in [6, 6.07) is 31.1. The predicted octanol–water partition coefficient (Wildman–Crippen LogP) is 6.32. The van der Waals surface area contributed by atoms with Crippen molar-refractivity contribution in [1.82, 2.24) is 10.2 Å². The van der Waals surface area contributed by atoms with E-state index in [2.05, 4.69) is 62.5 Å². The molecule has 0 aliphatic heterocycles. The van der Waals surface area contributed by atoms with Crippen molar-refractivity contribution in [2.45, 2.75) is 45.8 Å². The van der Waals surface area contributed by atoms with Crippen LogP contribution >= 0.6 is 0 Å². The number of benzene rings is 3. The van der Waals surface area contributed by atoms with Crippen molar-refractivity contribution in [3.05, 3.63) is 108 Å². The molecule has 1 N–H and O–H groups in total. The van der Waals surface area contributed by atoms with Crippen molar-refractivity contribution in [2.75, 3.05) is 6.54 Å². The van der Waals surface area contributed by atoms with Gasteiger partial charge in [-0.1, -0.05) is 97.9 Å². The summed E-state index contributed by atoms with van der Waals surface area (Å²) in [7, 11) is 0. The van der Waals surface area contributed by atoms with E-state index in [0.29, 0.717) is 6.54 Å². The molecule has 0 fully saturated rings. The van der Waals surface area contributed by atoms with Crippen LogP contribution in [0, 0.1) is 5.92 Å².